The molecule has 2 saturated heterocycles. The number of piperidine rings is 2. The Morgan fingerprint density at radius 3 is 1.57 bits per heavy atom. The summed E-state index contributed by atoms with van der Waals surface area (Å²) in [6.45, 7) is 6.65. The van der Waals surface area contributed by atoms with Crippen molar-refractivity contribution in [3.05, 3.63) is 81.7 Å². The van der Waals surface area contributed by atoms with Crippen molar-refractivity contribution >= 4 is 60.0 Å². The number of aromatic nitrogens is 4. The van der Waals surface area contributed by atoms with Crippen LogP contribution in [0.2, 0.25) is 0 Å². The summed E-state index contributed by atoms with van der Waals surface area (Å²) in [5, 5.41) is 3.18. The molecule has 2 aliphatic heterocycles. The van der Waals surface area contributed by atoms with E-state index >= 15 is 0 Å². The van der Waals surface area contributed by atoms with Crippen LogP contribution < -0.4 is 32.0 Å². The lowest BCUT2D eigenvalue weighted by atomic mass is 9.98. The number of carbonyl (C=O) groups is 2. The first kappa shape index (κ1) is 54.1. The van der Waals surface area contributed by atoms with Crippen LogP contribution in [0.25, 0.3) is 0 Å². The summed E-state index contributed by atoms with van der Waals surface area (Å²) in [6, 6.07) is 5.37. The van der Waals surface area contributed by atoms with Crippen molar-refractivity contribution in [2.75, 3.05) is 75.4 Å². The minimum atomic E-state index is -3.20. The first-order chi connectivity index (χ1) is 30.0. The maximum absolute atomic E-state index is 14.0. The van der Waals surface area contributed by atoms with E-state index < -0.39 is 54.0 Å². The van der Waals surface area contributed by atoms with Gasteiger partial charge in [-0.25, -0.2) is 49.2 Å². The van der Waals surface area contributed by atoms with Crippen molar-refractivity contribution in [3.8, 4) is 11.5 Å². The number of nitrogens with one attached hydrogen (secondary N) is 1. The smallest absolute Gasteiger partial charge is 0.224 e. The standard InChI is InChI=1S/C19H24FN5O4S.C15H16FN3O3S.C6H14N2O2S.CH4/c1-11-14(20)4-5-15(29-2)16(11)17(26)13-10-22-19(24-18(13)21)23-12-6-8-25(9-7-12)30(3,27)28;1-4-23(21)15-18-7-9(14(17)19-15)13(20)12-8(2)10(16)5-6-11(12)22-3;1-11(9,10)8-4-2-6(7)3-5-8;/h4-5,10,12H,6-9H2,1-3H3,(H3,21,22,23,24);5-7H,4H2,1-3H3,(H2,17,18,19);6H,2-5,7H2,1H3;1H4. The number of hydrogen-bond acceptors (Lipinski definition) is 17. The summed E-state index contributed by atoms with van der Waals surface area (Å²) >= 11 is 0. The number of nitrogens with two attached hydrogens (primary N) is 3. The molecule has 65 heavy (non-hydrogen) atoms. The molecule has 7 N–H and O–H groups in total. The van der Waals surface area contributed by atoms with Gasteiger partial charge in [-0.2, -0.15) is 4.98 Å². The van der Waals surface area contributed by atoms with Gasteiger partial charge >= 0.3 is 0 Å². The van der Waals surface area contributed by atoms with Crippen molar-refractivity contribution in [1.29, 1.82) is 0 Å². The van der Waals surface area contributed by atoms with E-state index in [1.54, 1.807) is 6.92 Å². The molecule has 0 spiro atoms. The van der Waals surface area contributed by atoms with E-state index in [-0.39, 0.29) is 87.1 Å². The third kappa shape index (κ3) is 13.9. The van der Waals surface area contributed by atoms with Gasteiger partial charge in [0.05, 0.1) is 59.8 Å². The molecular weight excluding hydrogens is 911 g/mol. The monoisotopic (exact) mass is 968 g/mol. The molecule has 1 unspecified atom stereocenters. The molecule has 0 amide bonds. The minimum Gasteiger partial charge on any atom is -0.496 e. The van der Waals surface area contributed by atoms with E-state index in [2.05, 4.69) is 25.3 Å². The Morgan fingerprint density at radius 2 is 1.18 bits per heavy atom. The number of ketones is 2. The molecule has 2 aromatic carbocycles. The Labute approximate surface area is 381 Å². The van der Waals surface area contributed by atoms with E-state index in [0.717, 1.165) is 12.8 Å². The number of anilines is 3. The molecule has 4 heterocycles. The Kier molecular flexibility index (Phi) is 19.3. The summed E-state index contributed by atoms with van der Waals surface area (Å²) in [6.07, 6.45) is 7.69. The molecule has 4 aromatic rings. The second-order valence-electron chi connectivity index (χ2n) is 14.8. The lowest BCUT2D eigenvalue weighted by Gasteiger charge is -2.30. The van der Waals surface area contributed by atoms with Crippen LogP contribution in [0.15, 0.2) is 41.8 Å². The zero-order valence-corrected chi connectivity index (χ0v) is 39.0. The molecule has 358 valence electrons. The summed E-state index contributed by atoms with van der Waals surface area (Å²) in [5.41, 5.74) is 17.9. The zero-order valence-electron chi connectivity index (χ0n) is 36.6. The average molecular weight is 969 g/mol. The Bertz CT molecular complexity index is 2590. The molecular formula is C41H58F2N10O9S3. The molecule has 19 nitrogen and oxygen atoms in total. The molecule has 0 bridgehead atoms. The summed E-state index contributed by atoms with van der Waals surface area (Å²) in [5.74, 6) is -1.25. The van der Waals surface area contributed by atoms with Gasteiger partial charge in [0, 0.05) is 56.4 Å². The molecule has 2 fully saturated rings. The molecule has 2 aliphatic rings. The lowest BCUT2D eigenvalue weighted by molar-refractivity contribution is 0.102. The van der Waals surface area contributed by atoms with Gasteiger partial charge in [-0.15, -0.1) is 0 Å². The van der Waals surface area contributed by atoms with E-state index in [1.165, 1.54) is 85.8 Å². The minimum absolute atomic E-state index is 0. The molecule has 1 atom stereocenters. The number of hydrogen-bond donors (Lipinski definition) is 4. The second-order valence-corrected chi connectivity index (χ2v) is 20.4. The van der Waals surface area contributed by atoms with E-state index in [9.17, 15) is 39.4 Å². The zero-order chi connectivity index (χ0) is 47.7. The first-order valence-electron chi connectivity index (χ1n) is 19.8. The highest BCUT2D eigenvalue weighted by Gasteiger charge is 2.28. The van der Waals surface area contributed by atoms with Gasteiger partial charge in [0.15, 0.2) is 0 Å². The summed E-state index contributed by atoms with van der Waals surface area (Å²) in [7, 11) is -4.77. The number of carbonyl (C=O) groups excluding carboxylic acids is 2. The van der Waals surface area contributed by atoms with Crippen LogP contribution >= 0.6 is 0 Å². The number of rotatable bonds is 12. The quantitative estimate of drug-likeness (QED) is 0.117. The van der Waals surface area contributed by atoms with Crippen LogP contribution in [-0.2, 0) is 30.8 Å². The molecule has 0 aliphatic carbocycles. The summed E-state index contributed by atoms with van der Waals surface area (Å²) < 4.78 is 97.8. The van der Waals surface area contributed by atoms with Gasteiger partial charge < -0.3 is 32.0 Å². The topological polar surface area (TPSA) is 286 Å². The Morgan fingerprint density at radius 1 is 0.769 bits per heavy atom. The van der Waals surface area contributed by atoms with Gasteiger partial charge in [0.1, 0.15) is 34.8 Å². The third-order valence-electron chi connectivity index (χ3n) is 10.4. The normalized spacial score (nSPS) is 15.5. The molecule has 24 heteroatoms. The van der Waals surface area contributed by atoms with Gasteiger partial charge in [-0.05, 0) is 74.9 Å². The van der Waals surface area contributed by atoms with Gasteiger partial charge in [0.25, 0.3) is 0 Å². The summed E-state index contributed by atoms with van der Waals surface area (Å²) in [4.78, 5) is 41.8. The third-order valence-corrected chi connectivity index (χ3v) is 14.1. The molecule has 2 aromatic heterocycles. The Hall–Kier alpha value is -5.27. The highest BCUT2D eigenvalue weighted by molar-refractivity contribution is 7.88. The van der Waals surface area contributed by atoms with Crippen molar-refractivity contribution in [3.63, 3.8) is 0 Å². The second kappa shape index (κ2) is 23.3. The fourth-order valence-corrected chi connectivity index (χ4v) is 9.03. The van der Waals surface area contributed by atoms with Crippen molar-refractivity contribution in [2.24, 2.45) is 5.73 Å². The average Bonchev–Trinajstić information content (AvgIpc) is 3.25. The number of sulfonamides is 2. The van der Waals surface area contributed by atoms with Crippen molar-refractivity contribution in [1.82, 2.24) is 28.5 Å². The van der Waals surface area contributed by atoms with Crippen LogP contribution in [0.5, 0.6) is 11.5 Å². The largest absolute Gasteiger partial charge is 0.496 e. The Balaban J connectivity index is 0.000000283. The van der Waals surface area contributed by atoms with Gasteiger partial charge in [0.2, 0.25) is 42.7 Å². The fraction of sp³-hybridized carbons (Fsp3) is 0.463. The SMILES string of the molecule is C.CCS(=O)c1ncc(C(=O)c2c(OC)ccc(F)c2C)c(N)n1.COc1ccc(F)c(C)c1C(=O)c1cnc(NC2CCN(S(C)(=O)=O)CC2)nc1N.CS(=O)(=O)N1CCC(N)CC1. The van der Waals surface area contributed by atoms with Crippen LogP contribution in [0.3, 0.4) is 0 Å². The van der Waals surface area contributed by atoms with Crippen LogP contribution in [0.4, 0.5) is 26.4 Å². The van der Waals surface area contributed by atoms with E-state index in [4.69, 9.17) is 26.7 Å². The number of methoxy groups -OCH3 is 2. The van der Waals surface area contributed by atoms with Crippen LogP contribution in [0.1, 0.15) is 83.0 Å². The predicted molar refractivity (Wildman–Crippen MR) is 245 cm³/mol. The highest BCUT2D eigenvalue weighted by Crippen LogP contribution is 2.30. The van der Waals surface area contributed by atoms with Crippen LogP contribution in [-0.4, -0.2) is 132 Å². The maximum atomic E-state index is 14.0. The highest BCUT2D eigenvalue weighted by atomic mass is 32.2. The van der Waals surface area contributed by atoms with Gasteiger partial charge in [-0.3, -0.25) is 13.8 Å². The predicted octanol–water partition coefficient (Wildman–Crippen LogP) is 3.46. The molecule has 0 saturated carbocycles. The number of halogens is 2. The maximum Gasteiger partial charge on any atom is 0.224 e. The lowest BCUT2D eigenvalue weighted by Crippen LogP contribution is -2.42. The molecule has 6 rings (SSSR count). The number of ether oxygens (including phenoxy) is 2. The number of benzene rings is 2. The van der Waals surface area contributed by atoms with Crippen molar-refractivity contribution in [2.45, 2.75) is 71.1 Å². The fourth-order valence-electron chi connectivity index (χ4n) is 6.65. The van der Waals surface area contributed by atoms with Crippen LogP contribution in [0, 0.1) is 25.5 Å². The van der Waals surface area contributed by atoms with E-state index in [1.807, 2.05) is 0 Å². The van der Waals surface area contributed by atoms with E-state index in [0.29, 0.717) is 44.8 Å². The van der Waals surface area contributed by atoms with Gasteiger partial charge in [-0.1, -0.05) is 14.4 Å². The number of nitrogen functional groups attached to an aromatic ring is 2. The first-order valence-corrected chi connectivity index (χ1v) is 24.8. The number of nitrogens with zero attached hydrogens (tertiary/aromatic N) is 6. The van der Waals surface area contributed by atoms with Crippen molar-refractivity contribution < 1.29 is 48.9 Å². The molecule has 0 radical (unpaired) electrons.